The zero-order chi connectivity index (χ0) is 24.1. The molecule has 0 spiro atoms. The zero-order valence-corrected chi connectivity index (χ0v) is 16.9. The number of halogens is 3. The lowest BCUT2D eigenvalue weighted by molar-refractivity contribution is -0.134. The maximum absolute atomic E-state index is 13.5. The van der Waals surface area contributed by atoms with E-state index < -0.39 is 41.2 Å². The molecule has 0 aromatic heterocycles. The van der Waals surface area contributed by atoms with Gasteiger partial charge < -0.3 is 11.1 Å². The first kappa shape index (κ1) is 23.5. The van der Waals surface area contributed by atoms with Crippen molar-refractivity contribution in [1.29, 1.82) is 0 Å². The minimum Gasteiger partial charge on any atom is -0.366 e. The van der Waals surface area contributed by atoms with Gasteiger partial charge in [0.1, 0.15) is 6.04 Å². The van der Waals surface area contributed by atoms with E-state index in [-0.39, 0.29) is 23.1 Å². The molecular formula is C23H18F3N3O4. The van der Waals surface area contributed by atoms with Gasteiger partial charge in [-0.2, -0.15) is 0 Å². The lowest BCUT2D eigenvalue weighted by Gasteiger charge is -2.18. The molecule has 3 amide bonds. The van der Waals surface area contributed by atoms with Gasteiger partial charge in [-0.15, -0.1) is 0 Å². The third-order valence-corrected chi connectivity index (χ3v) is 4.84. The fourth-order valence-corrected chi connectivity index (χ4v) is 3.14. The van der Waals surface area contributed by atoms with E-state index in [1.54, 1.807) is 0 Å². The highest BCUT2D eigenvalue weighted by Gasteiger charge is 2.23. The van der Waals surface area contributed by atoms with Crippen molar-refractivity contribution >= 4 is 17.7 Å². The summed E-state index contributed by atoms with van der Waals surface area (Å²) in [4.78, 5) is 35.7. The highest BCUT2D eigenvalue weighted by atomic mass is 19.2. The molecule has 5 N–H and O–H groups in total. The van der Waals surface area contributed by atoms with Crippen LogP contribution in [0.15, 0.2) is 60.7 Å². The average Bonchev–Trinajstić information content (AvgIpc) is 2.80. The molecule has 0 saturated heterocycles. The van der Waals surface area contributed by atoms with E-state index in [1.807, 2.05) is 0 Å². The monoisotopic (exact) mass is 457 g/mol. The number of nitrogens with one attached hydrogen (secondary N) is 2. The number of nitrogens with two attached hydrogens (primary N) is 1. The lowest BCUT2D eigenvalue weighted by Crippen LogP contribution is -2.39. The molecule has 0 fully saturated rings. The van der Waals surface area contributed by atoms with Crippen molar-refractivity contribution in [1.82, 2.24) is 10.8 Å². The third-order valence-electron chi connectivity index (χ3n) is 4.84. The predicted molar refractivity (Wildman–Crippen MR) is 111 cm³/mol. The molecule has 0 aliphatic rings. The molecule has 33 heavy (non-hydrogen) atoms. The van der Waals surface area contributed by atoms with Crippen LogP contribution >= 0.6 is 0 Å². The molecule has 0 heterocycles. The molecule has 0 saturated carbocycles. The molecule has 0 aliphatic carbocycles. The van der Waals surface area contributed by atoms with Gasteiger partial charge in [-0.25, -0.2) is 18.7 Å². The van der Waals surface area contributed by atoms with E-state index in [4.69, 9.17) is 10.9 Å². The summed E-state index contributed by atoms with van der Waals surface area (Å²) in [6, 6.07) is 12.1. The molecule has 1 atom stereocenters. The van der Waals surface area contributed by atoms with Crippen molar-refractivity contribution < 1.29 is 32.8 Å². The largest absolute Gasteiger partial charge is 0.366 e. The van der Waals surface area contributed by atoms with E-state index in [0.29, 0.717) is 11.1 Å². The summed E-state index contributed by atoms with van der Waals surface area (Å²) in [6.45, 7) is 0. The summed E-state index contributed by atoms with van der Waals surface area (Å²) in [7, 11) is 0. The number of carbonyl (C=O) groups is 3. The standard InChI is InChI=1S/C23H18F3N3O4/c24-17-10-16(11-18(25)20(17)26)13-5-7-14(8-6-13)21(23(32)29-33)28-19(30)9-12-1-3-15(4-2-12)22(27)31/h1-8,10-11,21,33H,9H2,(H2,27,31)(H,28,30)(H,29,32). The van der Waals surface area contributed by atoms with Crippen molar-refractivity contribution in [2.24, 2.45) is 5.73 Å². The van der Waals surface area contributed by atoms with Gasteiger partial charge >= 0.3 is 0 Å². The molecule has 1 unspecified atom stereocenters. The highest BCUT2D eigenvalue weighted by Crippen LogP contribution is 2.25. The Kier molecular flexibility index (Phi) is 7.09. The average molecular weight is 457 g/mol. The first-order valence-corrected chi connectivity index (χ1v) is 9.56. The van der Waals surface area contributed by atoms with Crippen molar-refractivity contribution in [3.8, 4) is 11.1 Å². The van der Waals surface area contributed by atoms with Crippen LogP contribution in [0.3, 0.4) is 0 Å². The minimum atomic E-state index is -1.58. The van der Waals surface area contributed by atoms with E-state index in [0.717, 1.165) is 12.1 Å². The number of carbonyl (C=O) groups excluding carboxylic acids is 3. The molecular weight excluding hydrogens is 439 g/mol. The molecule has 3 aromatic rings. The maximum atomic E-state index is 13.5. The van der Waals surface area contributed by atoms with Gasteiger partial charge in [0.15, 0.2) is 17.5 Å². The number of rotatable bonds is 7. The number of hydroxylamine groups is 1. The normalized spacial score (nSPS) is 11.5. The van der Waals surface area contributed by atoms with Gasteiger partial charge in [-0.1, -0.05) is 36.4 Å². The minimum absolute atomic E-state index is 0.0737. The second kappa shape index (κ2) is 9.96. The summed E-state index contributed by atoms with van der Waals surface area (Å²) in [5.41, 5.74) is 8.15. The Morgan fingerprint density at radius 3 is 1.97 bits per heavy atom. The SMILES string of the molecule is NC(=O)c1ccc(CC(=O)NC(C(=O)NO)c2ccc(-c3cc(F)c(F)c(F)c3)cc2)cc1. The number of amides is 3. The summed E-state index contributed by atoms with van der Waals surface area (Å²) in [6.07, 6.45) is -0.125. The molecule has 7 nitrogen and oxygen atoms in total. The van der Waals surface area contributed by atoms with Crippen molar-refractivity contribution in [2.75, 3.05) is 0 Å². The Hall–Kier alpha value is -4.18. The molecule has 0 bridgehead atoms. The molecule has 0 radical (unpaired) electrons. The lowest BCUT2D eigenvalue weighted by atomic mass is 9.99. The van der Waals surface area contributed by atoms with Gasteiger partial charge in [-0.05, 0) is 46.5 Å². The molecule has 3 rings (SSSR count). The van der Waals surface area contributed by atoms with Crippen molar-refractivity contribution in [2.45, 2.75) is 12.5 Å². The zero-order valence-electron chi connectivity index (χ0n) is 16.9. The second-order valence-electron chi connectivity index (χ2n) is 7.09. The van der Waals surface area contributed by atoms with Gasteiger partial charge in [0.2, 0.25) is 11.8 Å². The van der Waals surface area contributed by atoms with Crippen LogP contribution < -0.4 is 16.5 Å². The summed E-state index contributed by atoms with van der Waals surface area (Å²) >= 11 is 0. The number of primary amides is 1. The van der Waals surface area contributed by atoms with Crippen LogP contribution in [-0.2, 0) is 16.0 Å². The third kappa shape index (κ3) is 5.55. The van der Waals surface area contributed by atoms with Crippen LogP contribution in [0.5, 0.6) is 0 Å². The van der Waals surface area contributed by atoms with Gasteiger partial charge in [0.05, 0.1) is 6.42 Å². The smallest absolute Gasteiger partial charge is 0.270 e. The Bertz CT molecular complexity index is 1180. The van der Waals surface area contributed by atoms with Crippen LogP contribution in [0.2, 0.25) is 0 Å². The quantitative estimate of drug-likeness (QED) is 0.248. The topological polar surface area (TPSA) is 122 Å². The molecule has 170 valence electrons. The summed E-state index contributed by atoms with van der Waals surface area (Å²) in [5, 5.41) is 11.5. The van der Waals surface area contributed by atoms with Crippen molar-refractivity contribution in [3.63, 3.8) is 0 Å². The number of benzene rings is 3. The van der Waals surface area contributed by atoms with Crippen LogP contribution in [0.25, 0.3) is 11.1 Å². The van der Waals surface area contributed by atoms with Gasteiger partial charge in [-0.3, -0.25) is 19.6 Å². The fraction of sp³-hybridized carbons (Fsp3) is 0.0870. The predicted octanol–water partition coefficient (Wildman–Crippen LogP) is 2.78. The van der Waals surface area contributed by atoms with E-state index >= 15 is 0 Å². The highest BCUT2D eigenvalue weighted by molar-refractivity contribution is 5.93. The fourth-order valence-electron chi connectivity index (χ4n) is 3.14. The molecule has 3 aromatic carbocycles. The van der Waals surface area contributed by atoms with Crippen molar-refractivity contribution in [3.05, 3.63) is 94.8 Å². The van der Waals surface area contributed by atoms with E-state index in [1.165, 1.54) is 54.0 Å². The Morgan fingerprint density at radius 2 is 1.45 bits per heavy atom. The van der Waals surface area contributed by atoms with Crippen LogP contribution in [0, 0.1) is 17.5 Å². The number of hydrogen-bond acceptors (Lipinski definition) is 4. The Morgan fingerprint density at radius 1 is 0.879 bits per heavy atom. The Labute approximate surface area is 186 Å². The maximum Gasteiger partial charge on any atom is 0.270 e. The first-order valence-electron chi connectivity index (χ1n) is 9.56. The van der Waals surface area contributed by atoms with Gasteiger partial charge in [0.25, 0.3) is 5.91 Å². The van der Waals surface area contributed by atoms with Crippen LogP contribution in [-0.4, -0.2) is 22.9 Å². The number of hydrogen-bond donors (Lipinski definition) is 4. The molecule has 10 heteroatoms. The van der Waals surface area contributed by atoms with Crippen LogP contribution in [0.4, 0.5) is 13.2 Å². The Balaban J connectivity index is 1.78. The molecule has 0 aliphatic heterocycles. The first-order chi connectivity index (χ1) is 15.7. The second-order valence-corrected chi connectivity index (χ2v) is 7.09. The van der Waals surface area contributed by atoms with Crippen LogP contribution in [0.1, 0.15) is 27.5 Å². The van der Waals surface area contributed by atoms with E-state index in [9.17, 15) is 27.6 Å². The summed E-state index contributed by atoms with van der Waals surface area (Å²) < 4.78 is 40.2. The van der Waals surface area contributed by atoms with Gasteiger partial charge in [0, 0.05) is 5.56 Å². The van der Waals surface area contributed by atoms with E-state index in [2.05, 4.69) is 5.32 Å². The summed E-state index contributed by atoms with van der Waals surface area (Å²) in [5.74, 6) is -6.35.